The van der Waals surface area contributed by atoms with E-state index in [0.29, 0.717) is 38.0 Å². The zero-order valence-corrected chi connectivity index (χ0v) is 28.8. The normalized spacial score (nSPS) is 13.2. The highest BCUT2D eigenvalue weighted by atomic mass is 35.5. The third-order valence-corrected chi connectivity index (χ3v) is 9.76. The van der Waals surface area contributed by atoms with Gasteiger partial charge in [0.25, 0.3) is 0 Å². The Morgan fingerprint density at radius 1 is 0.891 bits per heavy atom. The fourth-order valence-electron chi connectivity index (χ4n) is 5.01. The highest BCUT2D eigenvalue weighted by molar-refractivity contribution is 7.92. The van der Waals surface area contributed by atoms with Crippen LogP contribution >= 0.6 is 12.4 Å². The van der Waals surface area contributed by atoms with Crippen LogP contribution in [-0.2, 0) is 41.9 Å². The third kappa shape index (κ3) is 14.5. The van der Waals surface area contributed by atoms with E-state index in [1.54, 1.807) is 7.11 Å². The predicted octanol–water partition coefficient (Wildman–Crippen LogP) is 3.12. The zero-order chi connectivity index (χ0) is 33.2. The molecular weight excluding hydrogens is 634 g/mol. The molecule has 4 N–H and O–H groups in total. The van der Waals surface area contributed by atoms with Gasteiger partial charge >= 0.3 is 5.97 Å². The van der Waals surface area contributed by atoms with Crippen molar-refractivity contribution in [1.82, 2.24) is 16.0 Å². The van der Waals surface area contributed by atoms with Crippen LogP contribution in [0.1, 0.15) is 63.5 Å². The Hall–Kier alpha value is -3.19. The van der Waals surface area contributed by atoms with Crippen molar-refractivity contribution in [1.29, 1.82) is 0 Å². The molecule has 1 unspecified atom stereocenters. The van der Waals surface area contributed by atoms with E-state index in [0.717, 1.165) is 11.1 Å². The Morgan fingerprint density at radius 3 is 2.15 bits per heavy atom. The first-order valence-corrected chi connectivity index (χ1v) is 17.2. The van der Waals surface area contributed by atoms with Gasteiger partial charge in [0.15, 0.2) is 9.84 Å². The van der Waals surface area contributed by atoms with Crippen LogP contribution in [0.5, 0.6) is 5.75 Å². The number of aliphatic hydroxyl groups is 1. The summed E-state index contributed by atoms with van der Waals surface area (Å²) in [6.45, 7) is 4.36. The number of halogens is 1. The fourth-order valence-corrected chi connectivity index (χ4v) is 7.17. The average Bonchev–Trinajstić information content (AvgIpc) is 3.03. The third-order valence-electron chi connectivity index (χ3n) is 7.47. The van der Waals surface area contributed by atoms with E-state index in [1.165, 1.54) is 7.11 Å². The Balaban J connectivity index is 0.0000106. The second kappa shape index (κ2) is 21.6. The average molecular weight is 684 g/mol. The number of rotatable bonds is 21. The number of carbonyl (C=O) groups excluding carboxylic acids is 3. The van der Waals surface area contributed by atoms with Gasteiger partial charge in [-0.2, -0.15) is 0 Å². The number of esters is 1. The Morgan fingerprint density at radius 2 is 1.54 bits per heavy atom. The van der Waals surface area contributed by atoms with E-state index < -0.39 is 56.8 Å². The van der Waals surface area contributed by atoms with E-state index in [1.807, 2.05) is 68.4 Å². The first-order valence-electron chi connectivity index (χ1n) is 15.5. The molecule has 11 nitrogen and oxygen atoms in total. The molecule has 258 valence electrons. The predicted molar refractivity (Wildman–Crippen MR) is 181 cm³/mol. The summed E-state index contributed by atoms with van der Waals surface area (Å²) in [6, 6.07) is 14.6. The second-order valence-corrected chi connectivity index (χ2v) is 13.4. The van der Waals surface area contributed by atoms with Crippen LogP contribution in [0.15, 0.2) is 54.6 Å². The summed E-state index contributed by atoms with van der Waals surface area (Å²) in [4.78, 5) is 38.1. The highest BCUT2D eigenvalue weighted by Crippen LogP contribution is 2.18. The number of hydrogen-bond donors (Lipinski definition) is 4. The molecular formula is C33H50ClN3O8S. The lowest BCUT2D eigenvalue weighted by atomic mass is 10.0. The van der Waals surface area contributed by atoms with Crippen LogP contribution in [-0.4, -0.2) is 81.3 Å². The number of aliphatic hydroxyl groups excluding tert-OH is 1. The van der Waals surface area contributed by atoms with Gasteiger partial charge in [-0.1, -0.05) is 69.2 Å². The highest BCUT2D eigenvalue weighted by Gasteiger charge is 2.34. The van der Waals surface area contributed by atoms with Crippen molar-refractivity contribution in [2.24, 2.45) is 0 Å². The summed E-state index contributed by atoms with van der Waals surface area (Å²) >= 11 is 0. The summed E-state index contributed by atoms with van der Waals surface area (Å²) < 4.78 is 36.8. The molecule has 2 amide bonds. The van der Waals surface area contributed by atoms with Gasteiger partial charge in [-0.25, -0.2) is 8.42 Å². The van der Waals surface area contributed by atoms with E-state index >= 15 is 0 Å². The largest absolute Gasteiger partial charge is 0.497 e. The van der Waals surface area contributed by atoms with Gasteiger partial charge in [0.2, 0.25) is 11.8 Å². The summed E-state index contributed by atoms with van der Waals surface area (Å²) in [7, 11) is -1.00. The topological polar surface area (TPSA) is 160 Å². The number of ether oxygens (including phenoxy) is 2. The molecule has 46 heavy (non-hydrogen) atoms. The Kier molecular flexibility index (Phi) is 19.2. The summed E-state index contributed by atoms with van der Waals surface area (Å²) in [5, 5.41) is 19.1. The number of hydrogen-bond acceptors (Lipinski definition) is 9. The Labute approximate surface area is 279 Å². The summed E-state index contributed by atoms with van der Waals surface area (Å²) in [5.74, 6) is -1.88. The number of methoxy groups -OCH3 is 2. The molecule has 13 heteroatoms. The molecule has 2 aromatic carbocycles. The van der Waals surface area contributed by atoms with Crippen molar-refractivity contribution in [3.8, 4) is 5.75 Å². The van der Waals surface area contributed by atoms with Crippen LogP contribution in [0.4, 0.5) is 0 Å². The van der Waals surface area contributed by atoms with Crippen LogP contribution in [0.3, 0.4) is 0 Å². The van der Waals surface area contributed by atoms with Crippen molar-refractivity contribution < 1.29 is 37.4 Å². The lowest BCUT2D eigenvalue weighted by molar-refractivity contribution is -0.142. The number of nitrogens with one attached hydrogen (secondary N) is 3. The molecule has 2 aromatic rings. The molecule has 0 fully saturated rings. The maximum atomic E-state index is 13.7. The van der Waals surface area contributed by atoms with Crippen molar-refractivity contribution in [3.05, 3.63) is 65.7 Å². The summed E-state index contributed by atoms with van der Waals surface area (Å²) in [6.07, 6.45) is 0.906. The van der Waals surface area contributed by atoms with Gasteiger partial charge in [0, 0.05) is 19.5 Å². The smallest absolute Gasteiger partial charge is 0.306 e. The van der Waals surface area contributed by atoms with Gasteiger partial charge in [-0.3, -0.25) is 14.4 Å². The molecule has 0 saturated heterocycles. The maximum absolute atomic E-state index is 13.7. The van der Waals surface area contributed by atoms with Gasteiger partial charge < -0.3 is 30.5 Å². The van der Waals surface area contributed by atoms with Gasteiger partial charge in [0.1, 0.15) is 11.8 Å². The summed E-state index contributed by atoms with van der Waals surface area (Å²) in [5.41, 5.74) is 1.80. The molecule has 2 rings (SSSR count). The van der Waals surface area contributed by atoms with Crippen molar-refractivity contribution in [2.45, 2.75) is 88.8 Å². The number of sulfone groups is 1. The minimum Gasteiger partial charge on any atom is -0.497 e. The lowest BCUT2D eigenvalue weighted by Gasteiger charge is -2.28. The van der Waals surface area contributed by atoms with E-state index in [9.17, 15) is 27.9 Å². The minimum atomic E-state index is -3.79. The molecule has 0 spiro atoms. The SMILES string of the molecule is CCCC(CCC)S(=O)(=O)CC(NC(=O)CCC(=O)OC)C(=O)N[C@@H](Cc1ccccc1)[C@H](O)CNCc1cccc(OC)c1.Cl. The maximum Gasteiger partial charge on any atom is 0.306 e. The first-order chi connectivity index (χ1) is 21.5. The minimum absolute atomic E-state index is 0. The van der Waals surface area contributed by atoms with E-state index in [-0.39, 0.29) is 38.2 Å². The number of carbonyl (C=O) groups is 3. The van der Waals surface area contributed by atoms with Crippen LogP contribution < -0.4 is 20.7 Å². The lowest BCUT2D eigenvalue weighted by Crippen LogP contribution is -2.57. The molecule has 0 saturated carbocycles. The molecule has 0 aromatic heterocycles. The molecule has 0 aliphatic heterocycles. The van der Waals surface area contributed by atoms with Crippen molar-refractivity contribution in [3.63, 3.8) is 0 Å². The molecule has 0 aliphatic carbocycles. The van der Waals surface area contributed by atoms with Crippen molar-refractivity contribution >= 4 is 40.0 Å². The monoisotopic (exact) mass is 683 g/mol. The quantitative estimate of drug-likeness (QED) is 0.145. The van der Waals surface area contributed by atoms with Crippen LogP contribution in [0.25, 0.3) is 0 Å². The van der Waals surface area contributed by atoms with Gasteiger partial charge in [-0.05, 0) is 42.5 Å². The van der Waals surface area contributed by atoms with Crippen LogP contribution in [0, 0.1) is 0 Å². The molecule has 3 atom stereocenters. The molecule has 0 aliphatic rings. The van der Waals surface area contributed by atoms with Gasteiger partial charge in [-0.15, -0.1) is 12.4 Å². The fraction of sp³-hybridized carbons (Fsp3) is 0.545. The van der Waals surface area contributed by atoms with E-state index in [4.69, 9.17) is 4.74 Å². The van der Waals surface area contributed by atoms with Crippen LogP contribution in [0.2, 0.25) is 0 Å². The number of amides is 2. The first kappa shape index (κ1) is 40.8. The molecule has 0 heterocycles. The van der Waals surface area contributed by atoms with E-state index in [2.05, 4.69) is 20.7 Å². The Bertz CT molecular complexity index is 1310. The standard InChI is InChI=1S/C33H49N3O8S.ClH/c1-5-11-27(12-6-2)45(41,42)23-29(35-31(38)17-18-32(39)44-4)33(40)36-28(20-24-13-8-7-9-14-24)30(37)22-34-21-25-15-10-16-26(19-25)43-3;/h7-10,13-16,19,27-30,34,37H,5-6,11-12,17-18,20-23H2,1-4H3,(H,35,38)(H,36,40);1H/t28-,29?,30+;/m0./s1. The number of benzene rings is 2. The molecule has 0 bridgehead atoms. The van der Waals surface area contributed by atoms with Gasteiger partial charge in [0.05, 0.1) is 43.8 Å². The van der Waals surface area contributed by atoms with Crippen molar-refractivity contribution in [2.75, 3.05) is 26.5 Å². The second-order valence-electron chi connectivity index (χ2n) is 11.1. The zero-order valence-electron chi connectivity index (χ0n) is 27.2. The molecule has 0 radical (unpaired) electrons.